The Morgan fingerprint density at radius 1 is 1.14 bits per heavy atom. The summed E-state index contributed by atoms with van der Waals surface area (Å²) in [6.45, 7) is 6.56. The molecule has 2 aromatic carbocycles. The summed E-state index contributed by atoms with van der Waals surface area (Å²) in [5, 5.41) is 2.93. The molecule has 0 fully saturated rings. The van der Waals surface area contributed by atoms with Gasteiger partial charge in [-0.3, -0.25) is 4.79 Å². The lowest BCUT2D eigenvalue weighted by Crippen LogP contribution is -2.16. The van der Waals surface area contributed by atoms with Crippen LogP contribution in [0.25, 0.3) is 0 Å². The number of anilines is 1. The molecule has 0 aromatic heterocycles. The van der Waals surface area contributed by atoms with E-state index < -0.39 is 0 Å². The van der Waals surface area contributed by atoms with Gasteiger partial charge < -0.3 is 10.1 Å². The van der Waals surface area contributed by atoms with E-state index >= 15 is 0 Å². The normalized spacial score (nSPS) is 10.2. The van der Waals surface area contributed by atoms with Crippen LogP contribution in [0.4, 0.5) is 5.69 Å². The number of benzene rings is 2. The SMILES string of the molecule is CCOc1ccccc1NC(=O)Cc1cc(C)ccc1C. The molecule has 1 N–H and O–H groups in total. The molecular formula is C18H21NO2. The van der Waals surface area contributed by atoms with E-state index in [9.17, 15) is 4.79 Å². The monoisotopic (exact) mass is 283 g/mol. The molecule has 1 amide bonds. The van der Waals surface area contributed by atoms with E-state index in [1.54, 1.807) is 0 Å². The van der Waals surface area contributed by atoms with Crippen molar-refractivity contribution >= 4 is 11.6 Å². The Balaban J connectivity index is 2.10. The van der Waals surface area contributed by atoms with E-state index in [-0.39, 0.29) is 5.91 Å². The van der Waals surface area contributed by atoms with Gasteiger partial charge in [0.25, 0.3) is 0 Å². The highest BCUT2D eigenvalue weighted by Crippen LogP contribution is 2.24. The van der Waals surface area contributed by atoms with Crippen LogP contribution in [0.2, 0.25) is 0 Å². The van der Waals surface area contributed by atoms with Crippen molar-refractivity contribution in [3.8, 4) is 5.75 Å². The standard InChI is InChI=1S/C18H21NO2/c1-4-21-17-8-6-5-7-16(17)19-18(20)12-15-11-13(2)9-10-14(15)3/h5-11H,4,12H2,1-3H3,(H,19,20). The first-order chi connectivity index (χ1) is 10.1. The van der Waals surface area contributed by atoms with Gasteiger partial charge in [-0.15, -0.1) is 0 Å². The first-order valence-electron chi connectivity index (χ1n) is 7.18. The van der Waals surface area contributed by atoms with Crippen LogP contribution in [0.15, 0.2) is 42.5 Å². The molecule has 2 aromatic rings. The van der Waals surface area contributed by atoms with E-state index in [4.69, 9.17) is 4.74 Å². The number of amides is 1. The molecule has 3 heteroatoms. The largest absolute Gasteiger partial charge is 0.492 e. The molecule has 0 spiro atoms. The predicted molar refractivity (Wildman–Crippen MR) is 85.9 cm³/mol. The number of para-hydroxylation sites is 2. The molecule has 0 saturated carbocycles. The molecule has 0 aliphatic carbocycles. The molecule has 0 aliphatic heterocycles. The highest BCUT2D eigenvalue weighted by Gasteiger charge is 2.09. The summed E-state index contributed by atoms with van der Waals surface area (Å²) in [5.41, 5.74) is 4.07. The Hall–Kier alpha value is -2.29. The van der Waals surface area contributed by atoms with Crippen LogP contribution in [0.3, 0.4) is 0 Å². The Morgan fingerprint density at radius 3 is 2.67 bits per heavy atom. The third-order valence-electron chi connectivity index (χ3n) is 3.32. The lowest BCUT2D eigenvalue weighted by atomic mass is 10.0. The predicted octanol–water partition coefficient (Wildman–Crippen LogP) is 3.88. The quantitative estimate of drug-likeness (QED) is 0.904. The maximum absolute atomic E-state index is 12.2. The minimum Gasteiger partial charge on any atom is -0.492 e. The number of aryl methyl sites for hydroxylation is 2. The lowest BCUT2D eigenvalue weighted by molar-refractivity contribution is -0.115. The zero-order chi connectivity index (χ0) is 15.2. The van der Waals surface area contributed by atoms with Gasteiger partial charge in [0, 0.05) is 0 Å². The Bertz CT molecular complexity index is 635. The molecule has 3 nitrogen and oxygen atoms in total. The zero-order valence-corrected chi connectivity index (χ0v) is 12.8. The second kappa shape index (κ2) is 6.93. The van der Waals surface area contributed by atoms with Gasteiger partial charge in [-0.25, -0.2) is 0 Å². The molecule has 0 heterocycles. The Kier molecular flexibility index (Phi) is 4.99. The van der Waals surface area contributed by atoms with Crippen molar-refractivity contribution in [3.63, 3.8) is 0 Å². The first kappa shape index (κ1) is 15.1. The Labute approximate surface area is 126 Å². The van der Waals surface area contributed by atoms with E-state index in [2.05, 4.69) is 17.4 Å². The fraction of sp³-hybridized carbons (Fsp3) is 0.278. The zero-order valence-electron chi connectivity index (χ0n) is 12.8. The van der Waals surface area contributed by atoms with E-state index in [0.717, 1.165) is 22.4 Å². The number of ether oxygens (including phenoxy) is 1. The van der Waals surface area contributed by atoms with Gasteiger partial charge in [-0.05, 0) is 44.0 Å². The number of nitrogens with one attached hydrogen (secondary N) is 1. The molecule has 110 valence electrons. The molecule has 0 aliphatic rings. The summed E-state index contributed by atoms with van der Waals surface area (Å²) in [4.78, 5) is 12.2. The summed E-state index contributed by atoms with van der Waals surface area (Å²) in [5.74, 6) is 0.671. The average molecular weight is 283 g/mol. The number of carbonyl (C=O) groups excluding carboxylic acids is 1. The number of hydrogen-bond donors (Lipinski definition) is 1. The summed E-state index contributed by atoms with van der Waals surface area (Å²) in [6.07, 6.45) is 0.369. The molecule has 2 rings (SSSR count). The van der Waals surface area contributed by atoms with Crippen LogP contribution >= 0.6 is 0 Å². The van der Waals surface area contributed by atoms with Crippen molar-refractivity contribution in [3.05, 3.63) is 59.2 Å². The molecule has 0 radical (unpaired) electrons. The van der Waals surface area contributed by atoms with Gasteiger partial charge in [-0.1, -0.05) is 35.9 Å². The summed E-state index contributed by atoms with van der Waals surface area (Å²) < 4.78 is 5.52. The highest BCUT2D eigenvalue weighted by atomic mass is 16.5. The van der Waals surface area contributed by atoms with Crippen molar-refractivity contribution in [2.45, 2.75) is 27.2 Å². The summed E-state index contributed by atoms with van der Waals surface area (Å²) in [6, 6.07) is 13.7. The van der Waals surface area contributed by atoms with Gasteiger partial charge in [-0.2, -0.15) is 0 Å². The van der Waals surface area contributed by atoms with Crippen LogP contribution < -0.4 is 10.1 Å². The second-order valence-corrected chi connectivity index (χ2v) is 5.08. The molecular weight excluding hydrogens is 262 g/mol. The number of rotatable bonds is 5. The molecule has 21 heavy (non-hydrogen) atoms. The number of carbonyl (C=O) groups is 1. The van der Waals surface area contributed by atoms with Gasteiger partial charge in [0.15, 0.2) is 0 Å². The smallest absolute Gasteiger partial charge is 0.228 e. The van der Waals surface area contributed by atoms with Crippen molar-refractivity contribution in [2.75, 3.05) is 11.9 Å². The lowest BCUT2D eigenvalue weighted by Gasteiger charge is -2.12. The average Bonchev–Trinajstić information content (AvgIpc) is 2.45. The van der Waals surface area contributed by atoms with Crippen LogP contribution in [0.1, 0.15) is 23.6 Å². The first-order valence-corrected chi connectivity index (χ1v) is 7.18. The van der Waals surface area contributed by atoms with Crippen LogP contribution in [-0.4, -0.2) is 12.5 Å². The third-order valence-corrected chi connectivity index (χ3v) is 3.32. The summed E-state index contributed by atoms with van der Waals surface area (Å²) >= 11 is 0. The van der Waals surface area contributed by atoms with E-state index in [1.807, 2.05) is 51.1 Å². The minimum absolute atomic E-state index is 0.0316. The van der Waals surface area contributed by atoms with Crippen LogP contribution in [0, 0.1) is 13.8 Å². The fourth-order valence-electron chi connectivity index (χ4n) is 2.21. The van der Waals surface area contributed by atoms with Crippen molar-refractivity contribution in [1.29, 1.82) is 0 Å². The fourth-order valence-corrected chi connectivity index (χ4v) is 2.21. The van der Waals surface area contributed by atoms with E-state index in [1.165, 1.54) is 0 Å². The topological polar surface area (TPSA) is 38.3 Å². The maximum atomic E-state index is 12.2. The summed E-state index contributed by atoms with van der Waals surface area (Å²) in [7, 11) is 0. The van der Waals surface area contributed by atoms with Crippen molar-refractivity contribution in [1.82, 2.24) is 0 Å². The van der Waals surface area contributed by atoms with Crippen molar-refractivity contribution in [2.24, 2.45) is 0 Å². The van der Waals surface area contributed by atoms with Gasteiger partial charge in [0.1, 0.15) is 5.75 Å². The highest BCUT2D eigenvalue weighted by molar-refractivity contribution is 5.93. The third kappa shape index (κ3) is 4.09. The van der Waals surface area contributed by atoms with Crippen LogP contribution in [-0.2, 0) is 11.2 Å². The van der Waals surface area contributed by atoms with Crippen molar-refractivity contribution < 1.29 is 9.53 Å². The van der Waals surface area contributed by atoms with Gasteiger partial charge in [0.2, 0.25) is 5.91 Å². The van der Waals surface area contributed by atoms with Crippen LogP contribution in [0.5, 0.6) is 5.75 Å². The molecule has 0 saturated heterocycles. The second-order valence-electron chi connectivity index (χ2n) is 5.08. The van der Waals surface area contributed by atoms with E-state index in [0.29, 0.717) is 18.8 Å². The van der Waals surface area contributed by atoms with Gasteiger partial charge >= 0.3 is 0 Å². The van der Waals surface area contributed by atoms with Gasteiger partial charge in [0.05, 0.1) is 18.7 Å². The molecule has 0 atom stereocenters. The maximum Gasteiger partial charge on any atom is 0.228 e. The minimum atomic E-state index is -0.0316. The molecule has 0 bridgehead atoms. The Morgan fingerprint density at radius 2 is 1.90 bits per heavy atom. The molecule has 0 unspecified atom stereocenters. The number of hydrogen-bond acceptors (Lipinski definition) is 2.